The number of benzene rings is 2. The molecule has 1 atom stereocenters. The summed E-state index contributed by atoms with van der Waals surface area (Å²) in [5, 5.41) is 10.6. The van der Waals surface area contributed by atoms with E-state index in [1.165, 1.54) is 12.1 Å². The lowest BCUT2D eigenvalue weighted by Crippen LogP contribution is -2.03. The van der Waals surface area contributed by atoms with Gasteiger partial charge in [0.1, 0.15) is 18.5 Å². The van der Waals surface area contributed by atoms with Crippen LogP contribution in [0.1, 0.15) is 0 Å². The summed E-state index contributed by atoms with van der Waals surface area (Å²) in [6.45, 7) is 1.38. The zero-order chi connectivity index (χ0) is 14.7. The van der Waals surface area contributed by atoms with Crippen molar-refractivity contribution in [3.63, 3.8) is 0 Å². The van der Waals surface area contributed by atoms with Crippen LogP contribution in [0, 0.1) is 10.1 Å². The summed E-state index contributed by atoms with van der Waals surface area (Å²) >= 11 is 1.55. The van der Waals surface area contributed by atoms with Crippen molar-refractivity contribution in [3.8, 4) is 5.75 Å². The number of nitro benzene ring substituents is 1. The minimum Gasteiger partial charge on any atom is -0.491 e. The van der Waals surface area contributed by atoms with Gasteiger partial charge in [-0.05, 0) is 36.4 Å². The zero-order valence-corrected chi connectivity index (χ0v) is 11.9. The van der Waals surface area contributed by atoms with Gasteiger partial charge in [0.25, 0.3) is 5.69 Å². The van der Waals surface area contributed by atoms with Gasteiger partial charge in [0, 0.05) is 21.9 Å². The second-order valence-electron chi connectivity index (χ2n) is 4.59. The molecule has 108 valence electrons. The molecule has 1 saturated heterocycles. The van der Waals surface area contributed by atoms with Crippen LogP contribution in [0.15, 0.2) is 58.3 Å². The molecule has 0 spiro atoms. The molecule has 21 heavy (non-hydrogen) atoms. The van der Waals surface area contributed by atoms with Gasteiger partial charge in [-0.15, -0.1) is 0 Å². The number of nitrogens with zero attached hydrogens (tertiary/aromatic N) is 1. The van der Waals surface area contributed by atoms with Crippen LogP contribution < -0.4 is 4.74 Å². The molecule has 0 saturated carbocycles. The molecule has 0 radical (unpaired) electrons. The van der Waals surface area contributed by atoms with E-state index in [9.17, 15) is 10.1 Å². The highest BCUT2D eigenvalue weighted by atomic mass is 32.2. The predicted octanol–water partition coefficient (Wildman–Crippen LogP) is 3.52. The van der Waals surface area contributed by atoms with Crippen molar-refractivity contribution >= 4 is 17.4 Å². The van der Waals surface area contributed by atoms with E-state index in [-0.39, 0.29) is 11.8 Å². The van der Waals surface area contributed by atoms with Crippen molar-refractivity contribution in [3.05, 3.63) is 58.6 Å². The fraction of sp³-hybridized carbons (Fsp3) is 0.200. The Morgan fingerprint density at radius 3 is 2.24 bits per heavy atom. The third-order valence-corrected chi connectivity index (χ3v) is 3.96. The number of ether oxygens (including phenoxy) is 2. The van der Waals surface area contributed by atoms with E-state index in [2.05, 4.69) is 0 Å². The van der Waals surface area contributed by atoms with Gasteiger partial charge in [-0.3, -0.25) is 10.1 Å². The number of hydrogen-bond acceptors (Lipinski definition) is 5. The predicted molar refractivity (Wildman–Crippen MR) is 78.9 cm³/mol. The Labute approximate surface area is 126 Å². The Bertz CT molecular complexity index is 623. The monoisotopic (exact) mass is 303 g/mol. The van der Waals surface area contributed by atoms with Crippen molar-refractivity contribution in [2.75, 3.05) is 13.2 Å². The van der Waals surface area contributed by atoms with Crippen molar-refractivity contribution in [2.45, 2.75) is 15.9 Å². The number of non-ortho nitro benzene ring substituents is 1. The minimum absolute atomic E-state index is 0.102. The molecular formula is C15H13NO4S. The van der Waals surface area contributed by atoms with E-state index in [1.807, 2.05) is 24.3 Å². The summed E-state index contributed by atoms with van der Waals surface area (Å²) in [7, 11) is 0. The molecule has 1 fully saturated rings. The third-order valence-electron chi connectivity index (χ3n) is 2.95. The topological polar surface area (TPSA) is 64.9 Å². The van der Waals surface area contributed by atoms with E-state index in [0.717, 1.165) is 22.1 Å². The van der Waals surface area contributed by atoms with Crippen molar-refractivity contribution in [2.24, 2.45) is 0 Å². The highest BCUT2D eigenvalue weighted by molar-refractivity contribution is 7.99. The van der Waals surface area contributed by atoms with Crippen LogP contribution in [0.25, 0.3) is 0 Å². The molecule has 0 aromatic heterocycles. The molecule has 5 nitrogen and oxygen atoms in total. The first-order chi connectivity index (χ1) is 10.2. The Hall–Kier alpha value is -2.05. The molecule has 1 aliphatic rings. The van der Waals surface area contributed by atoms with E-state index >= 15 is 0 Å². The Balaban J connectivity index is 1.59. The maximum Gasteiger partial charge on any atom is 0.269 e. The Morgan fingerprint density at radius 2 is 1.71 bits per heavy atom. The lowest BCUT2D eigenvalue weighted by atomic mass is 10.3. The molecule has 0 aliphatic carbocycles. The van der Waals surface area contributed by atoms with E-state index in [1.54, 1.807) is 23.9 Å². The van der Waals surface area contributed by atoms with Crippen LogP contribution in [-0.2, 0) is 4.74 Å². The smallest absolute Gasteiger partial charge is 0.269 e. The molecular weight excluding hydrogens is 290 g/mol. The van der Waals surface area contributed by atoms with Crippen LogP contribution in [0.5, 0.6) is 5.75 Å². The second-order valence-corrected chi connectivity index (χ2v) is 5.74. The van der Waals surface area contributed by atoms with Gasteiger partial charge in [0.15, 0.2) is 0 Å². The maximum absolute atomic E-state index is 10.6. The molecule has 1 aliphatic heterocycles. The van der Waals surface area contributed by atoms with E-state index in [0.29, 0.717) is 6.61 Å². The van der Waals surface area contributed by atoms with Gasteiger partial charge < -0.3 is 9.47 Å². The van der Waals surface area contributed by atoms with Gasteiger partial charge in [-0.25, -0.2) is 0 Å². The lowest BCUT2D eigenvalue weighted by molar-refractivity contribution is -0.384. The van der Waals surface area contributed by atoms with Gasteiger partial charge in [0.05, 0.1) is 11.5 Å². The highest BCUT2D eigenvalue weighted by Gasteiger charge is 2.22. The number of epoxide rings is 1. The van der Waals surface area contributed by atoms with E-state index < -0.39 is 4.92 Å². The summed E-state index contributed by atoms with van der Waals surface area (Å²) in [4.78, 5) is 12.2. The fourth-order valence-electron chi connectivity index (χ4n) is 1.73. The van der Waals surface area contributed by atoms with Gasteiger partial charge >= 0.3 is 0 Å². The van der Waals surface area contributed by atoms with Crippen LogP contribution in [0.2, 0.25) is 0 Å². The van der Waals surface area contributed by atoms with Gasteiger partial charge in [-0.1, -0.05) is 11.8 Å². The van der Waals surface area contributed by atoms with Crippen molar-refractivity contribution < 1.29 is 14.4 Å². The second kappa shape index (κ2) is 6.15. The highest BCUT2D eigenvalue weighted by Crippen LogP contribution is 2.30. The van der Waals surface area contributed by atoms with Crippen LogP contribution in [0.3, 0.4) is 0 Å². The third kappa shape index (κ3) is 3.96. The van der Waals surface area contributed by atoms with Crippen molar-refractivity contribution in [1.29, 1.82) is 0 Å². The summed E-state index contributed by atoms with van der Waals surface area (Å²) in [5.41, 5.74) is 0.102. The molecule has 1 heterocycles. The molecule has 0 N–H and O–H groups in total. The van der Waals surface area contributed by atoms with Gasteiger partial charge in [-0.2, -0.15) is 0 Å². The number of hydrogen-bond donors (Lipinski definition) is 0. The lowest BCUT2D eigenvalue weighted by Gasteiger charge is -2.05. The minimum atomic E-state index is -0.399. The van der Waals surface area contributed by atoms with Gasteiger partial charge in [0.2, 0.25) is 0 Å². The van der Waals surface area contributed by atoms with Crippen LogP contribution in [-0.4, -0.2) is 24.2 Å². The first-order valence-electron chi connectivity index (χ1n) is 6.47. The molecule has 2 aromatic rings. The first kappa shape index (κ1) is 13.9. The SMILES string of the molecule is O=[N+]([O-])c1ccc(Sc2ccc(OCC3CO3)cc2)cc1. The zero-order valence-electron chi connectivity index (χ0n) is 11.1. The molecule has 0 bridgehead atoms. The average Bonchev–Trinajstić information content (AvgIpc) is 3.31. The maximum atomic E-state index is 10.6. The standard InChI is InChI=1S/C15H13NO4S/c17-16(18)11-1-5-14(6-2-11)21-15-7-3-12(4-8-15)19-9-13-10-20-13/h1-8,13H,9-10H2. The Morgan fingerprint density at radius 1 is 1.14 bits per heavy atom. The quantitative estimate of drug-likeness (QED) is 0.464. The summed E-state index contributed by atoms with van der Waals surface area (Å²) in [6, 6.07) is 14.3. The Kier molecular flexibility index (Phi) is 4.08. The number of rotatable bonds is 6. The largest absolute Gasteiger partial charge is 0.491 e. The number of nitro groups is 1. The summed E-state index contributed by atoms with van der Waals surface area (Å²) in [5.74, 6) is 0.818. The normalized spacial score (nSPS) is 16.5. The van der Waals surface area contributed by atoms with Crippen molar-refractivity contribution in [1.82, 2.24) is 0 Å². The molecule has 2 aromatic carbocycles. The fourth-order valence-corrected chi connectivity index (χ4v) is 2.55. The summed E-state index contributed by atoms with van der Waals surface area (Å²) in [6.07, 6.45) is 0.249. The molecule has 6 heteroatoms. The molecule has 1 unspecified atom stereocenters. The van der Waals surface area contributed by atoms with Crippen LogP contribution in [0.4, 0.5) is 5.69 Å². The average molecular weight is 303 g/mol. The summed E-state index contributed by atoms with van der Waals surface area (Å²) < 4.78 is 10.7. The van der Waals surface area contributed by atoms with Crippen LogP contribution >= 0.6 is 11.8 Å². The van der Waals surface area contributed by atoms with E-state index in [4.69, 9.17) is 9.47 Å². The molecule has 3 rings (SSSR count). The molecule has 0 amide bonds. The first-order valence-corrected chi connectivity index (χ1v) is 7.29.